The third-order valence-electron chi connectivity index (χ3n) is 3.95. The number of nitrogens with zero attached hydrogens (tertiary/aromatic N) is 2. The van der Waals surface area contributed by atoms with Gasteiger partial charge in [0, 0.05) is 18.1 Å². The highest BCUT2D eigenvalue weighted by Crippen LogP contribution is 2.18. The van der Waals surface area contributed by atoms with Crippen molar-refractivity contribution in [3.8, 4) is 0 Å². The van der Waals surface area contributed by atoms with Crippen LogP contribution in [-0.2, 0) is 19.0 Å². The summed E-state index contributed by atoms with van der Waals surface area (Å²) >= 11 is 1.09. The average molecular weight is 494 g/mol. The lowest BCUT2D eigenvalue weighted by atomic mass is 10.1. The first-order valence-electron chi connectivity index (χ1n) is 10.8. The SMILES string of the molecule is Cc1nsc(NC(=O)c2ccccc2NC(=O)CCOCCOCCNC(=O)OC(C)(C)C)n1. The van der Waals surface area contributed by atoms with Crippen molar-refractivity contribution in [1.29, 1.82) is 0 Å². The Balaban J connectivity index is 1.61. The summed E-state index contributed by atoms with van der Waals surface area (Å²) in [6, 6.07) is 6.71. The van der Waals surface area contributed by atoms with E-state index in [1.807, 2.05) is 0 Å². The third-order valence-corrected chi connectivity index (χ3v) is 4.68. The second-order valence-corrected chi connectivity index (χ2v) is 8.85. The predicted octanol–water partition coefficient (Wildman–Crippen LogP) is 2.99. The summed E-state index contributed by atoms with van der Waals surface area (Å²) in [5.41, 5.74) is 0.169. The zero-order valence-corrected chi connectivity index (χ0v) is 20.6. The van der Waals surface area contributed by atoms with Gasteiger partial charge in [-0.1, -0.05) is 12.1 Å². The van der Waals surface area contributed by atoms with Crippen LogP contribution in [0.2, 0.25) is 0 Å². The lowest BCUT2D eigenvalue weighted by Gasteiger charge is -2.19. The molecule has 3 amide bonds. The van der Waals surface area contributed by atoms with Crippen LogP contribution in [0.25, 0.3) is 0 Å². The molecule has 0 aliphatic carbocycles. The minimum atomic E-state index is -0.544. The van der Waals surface area contributed by atoms with Gasteiger partial charge in [-0.15, -0.1) is 0 Å². The topological polar surface area (TPSA) is 141 Å². The predicted molar refractivity (Wildman–Crippen MR) is 128 cm³/mol. The number of aromatic nitrogens is 2. The lowest BCUT2D eigenvalue weighted by molar-refractivity contribution is -0.117. The van der Waals surface area contributed by atoms with E-state index in [1.54, 1.807) is 52.0 Å². The molecule has 0 fully saturated rings. The van der Waals surface area contributed by atoms with E-state index in [9.17, 15) is 14.4 Å². The van der Waals surface area contributed by atoms with Crippen molar-refractivity contribution >= 4 is 40.3 Å². The maximum Gasteiger partial charge on any atom is 0.407 e. The molecule has 0 unspecified atom stereocenters. The summed E-state index contributed by atoms with van der Waals surface area (Å²) in [7, 11) is 0. The van der Waals surface area contributed by atoms with Gasteiger partial charge in [0.15, 0.2) is 0 Å². The molecule has 0 aliphatic rings. The minimum Gasteiger partial charge on any atom is -0.444 e. The number of alkyl carbamates (subject to hydrolysis) is 1. The summed E-state index contributed by atoms with van der Waals surface area (Å²) in [6.45, 7) is 8.58. The van der Waals surface area contributed by atoms with E-state index in [-0.39, 0.29) is 24.8 Å². The van der Waals surface area contributed by atoms with Crippen LogP contribution in [0.5, 0.6) is 0 Å². The number of anilines is 2. The Morgan fingerprint density at radius 1 is 1.00 bits per heavy atom. The van der Waals surface area contributed by atoms with Crippen LogP contribution in [0, 0.1) is 6.92 Å². The van der Waals surface area contributed by atoms with Gasteiger partial charge >= 0.3 is 6.09 Å². The first-order chi connectivity index (χ1) is 16.1. The van der Waals surface area contributed by atoms with Gasteiger partial charge in [0.1, 0.15) is 11.4 Å². The number of aryl methyl sites for hydroxylation is 1. The molecule has 0 atom stereocenters. The van der Waals surface area contributed by atoms with Crippen LogP contribution in [-0.4, -0.2) is 65.8 Å². The van der Waals surface area contributed by atoms with Crippen molar-refractivity contribution in [3.63, 3.8) is 0 Å². The Kier molecular flexibility index (Phi) is 10.8. The van der Waals surface area contributed by atoms with Gasteiger partial charge in [0.2, 0.25) is 11.0 Å². The number of carbonyl (C=O) groups excluding carboxylic acids is 3. The minimum absolute atomic E-state index is 0.117. The third kappa shape index (κ3) is 10.7. The van der Waals surface area contributed by atoms with Crippen molar-refractivity contribution < 1.29 is 28.6 Å². The number of carbonyl (C=O) groups is 3. The standard InChI is InChI=1S/C22H31N5O6S/c1-15-24-20(34-27-15)26-19(29)16-7-5-6-8-17(16)25-18(28)9-11-31-13-14-32-12-10-23-21(30)33-22(2,3)4/h5-8H,9-14H2,1-4H3,(H,23,30)(H,25,28)(H,24,26,27,29). The second-order valence-electron chi connectivity index (χ2n) is 8.10. The fraction of sp³-hybridized carbons (Fsp3) is 0.500. The molecule has 0 saturated heterocycles. The molecule has 12 heteroatoms. The summed E-state index contributed by atoms with van der Waals surface area (Å²) < 4.78 is 19.9. The molecule has 1 aromatic carbocycles. The molecular formula is C22H31N5O6S. The molecule has 1 heterocycles. The highest BCUT2D eigenvalue weighted by atomic mass is 32.1. The van der Waals surface area contributed by atoms with Crippen LogP contribution < -0.4 is 16.0 Å². The molecule has 34 heavy (non-hydrogen) atoms. The van der Waals surface area contributed by atoms with Crippen molar-refractivity contribution in [2.24, 2.45) is 0 Å². The fourth-order valence-electron chi connectivity index (χ4n) is 2.54. The normalized spacial score (nSPS) is 11.1. The number of benzene rings is 1. The molecule has 0 bridgehead atoms. The number of amides is 3. The van der Waals surface area contributed by atoms with Gasteiger partial charge in [-0.05, 0) is 39.8 Å². The van der Waals surface area contributed by atoms with Gasteiger partial charge in [-0.2, -0.15) is 4.37 Å². The van der Waals surface area contributed by atoms with E-state index in [2.05, 4.69) is 25.3 Å². The monoisotopic (exact) mass is 493 g/mol. The maximum absolute atomic E-state index is 12.5. The molecule has 0 radical (unpaired) electrons. The fourth-order valence-corrected chi connectivity index (χ4v) is 3.11. The average Bonchev–Trinajstić information content (AvgIpc) is 3.16. The zero-order valence-electron chi connectivity index (χ0n) is 19.8. The van der Waals surface area contributed by atoms with Crippen molar-refractivity contribution in [2.75, 3.05) is 43.6 Å². The summed E-state index contributed by atoms with van der Waals surface area (Å²) in [6.07, 6.45) is -0.376. The van der Waals surface area contributed by atoms with E-state index in [0.29, 0.717) is 48.6 Å². The number of hydrogen-bond donors (Lipinski definition) is 3. The molecular weight excluding hydrogens is 462 g/mol. The molecule has 0 spiro atoms. The first kappa shape index (κ1) is 27.2. The highest BCUT2D eigenvalue weighted by Gasteiger charge is 2.16. The second kappa shape index (κ2) is 13.6. The Bertz CT molecular complexity index is 959. The number of ether oxygens (including phenoxy) is 3. The molecule has 0 saturated carbocycles. The maximum atomic E-state index is 12.5. The largest absolute Gasteiger partial charge is 0.444 e. The highest BCUT2D eigenvalue weighted by molar-refractivity contribution is 7.09. The van der Waals surface area contributed by atoms with Crippen LogP contribution >= 0.6 is 11.5 Å². The van der Waals surface area contributed by atoms with Crippen molar-refractivity contribution in [3.05, 3.63) is 35.7 Å². The zero-order chi connectivity index (χ0) is 25.0. The van der Waals surface area contributed by atoms with Crippen LogP contribution in [0.4, 0.5) is 15.6 Å². The number of hydrogen-bond acceptors (Lipinski definition) is 9. The first-order valence-corrected chi connectivity index (χ1v) is 11.5. The smallest absolute Gasteiger partial charge is 0.407 e. The molecule has 186 valence electrons. The number of para-hydroxylation sites is 1. The van der Waals surface area contributed by atoms with Gasteiger partial charge in [0.25, 0.3) is 5.91 Å². The van der Waals surface area contributed by atoms with Crippen LogP contribution in [0.3, 0.4) is 0 Å². The molecule has 2 rings (SSSR count). The Labute approximate surface area is 202 Å². The quantitative estimate of drug-likeness (QED) is 0.383. The van der Waals surface area contributed by atoms with Gasteiger partial charge < -0.3 is 24.8 Å². The Hall–Kier alpha value is -3.09. The summed E-state index contributed by atoms with van der Waals surface area (Å²) in [5, 5.41) is 8.39. The van der Waals surface area contributed by atoms with Gasteiger partial charge in [-0.25, -0.2) is 9.78 Å². The van der Waals surface area contributed by atoms with Gasteiger partial charge in [-0.3, -0.25) is 14.9 Å². The van der Waals surface area contributed by atoms with E-state index >= 15 is 0 Å². The molecule has 3 N–H and O–H groups in total. The lowest BCUT2D eigenvalue weighted by Crippen LogP contribution is -2.34. The van der Waals surface area contributed by atoms with Crippen molar-refractivity contribution in [2.45, 2.75) is 39.7 Å². The van der Waals surface area contributed by atoms with E-state index in [0.717, 1.165) is 11.5 Å². The van der Waals surface area contributed by atoms with Crippen molar-refractivity contribution in [1.82, 2.24) is 14.7 Å². The van der Waals surface area contributed by atoms with Gasteiger partial charge in [0.05, 0.1) is 44.1 Å². The van der Waals surface area contributed by atoms with Crippen LogP contribution in [0.1, 0.15) is 43.4 Å². The molecule has 0 aliphatic heterocycles. The molecule has 2 aromatic rings. The Morgan fingerprint density at radius 2 is 1.71 bits per heavy atom. The number of rotatable bonds is 12. The number of nitrogens with one attached hydrogen (secondary N) is 3. The van der Waals surface area contributed by atoms with E-state index in [4.69, 9.17) is 14.2 Å². The Morgan fingerprint density at radius 3 is 2.38 bits per heavy atom. The molecule has 11 nitrogen and oxygen atoms in total. The van der Waals surface area contributed by atoms with E-state index < -0.39 is 11.7 Å². The summed E-state index contributed by atoms with van der Waals surface area (Å²) in [5.74, 6) is -0.0964. The summed E-state index contributed by atoms with van der Waals surface area (Å²) in [4.78, 5) is 40.4. The van der Waals surface area contributed by atoms with Crippen LogP contribution in [0.15, 0.2) is 24.3 Å². The molecule has 1 aromatic heterocycles. The van der Waals surface area contributed by atoms with E-state index in [1.165, 1.54) is 0 Å².